The fourth-order valence-electron chi connectivity index (χ4n) is 2.12. The normalized spacial score (nSPS) is 11.7. The third kappa shape index (κ3) is 4.06. The van der Waals surface area contributed by atoms with E-state index in [0.29, 0.717) is 18.7 Å². The first-order valence-corrected chi connectivity index (χ1v) is 6.75. The Bertz CT molecular complexity index is 620. The highest BCUT2D eigenvalue weighted by molar-refractivity contribution is 5.42. The third-order valence-corrected chi connectivity index (χ3v) is 3.25. The molecule has 2 aromatic rings. The molecular weight excluding hydrogens is 264 g/mol. The first-order chi connectivity index (χ1) is 10.2. The van der Waals surface area contributed by atoms with E-state index in [0.717, 1.165) is 16.9 Å². The van der Waals surface area contributed by atoms with Gasteiger partial charge in [0, 0.05) is 18.7 Å². The second kappa shape index (κ2) is 7.44. The van der Waals surface area contributed by atoms with Gasteiger partial charge in [0.05, 0.1) is 24.8 Å². The van der Waals surface area contributed by atoms with Crippen LogP contribution in [-0.4, -0.2) is 18.8 Å². The first kappa shape index (κ1) is 15.0. The molecule has 0 spiro atoms. The topological polar surface area (TPSA) is 65.3 Å². The van der Waals surface area contributed by atoms with Crippen molar-refractivity contribution in [1.29, 1.82) is 5.26 Å². The summed E-state index contributed by atoms with van der Waals surface area (Å²) in [5, 5.41) is 22.2. The highest BCUT2D eigenvalue weighted by atomic mass is 16.5. The maximum absolute atomic E-state index is 10.1. The number of hydrogen-bond acceptors (Lipinski definition) is 4. The highest BCUT2D eigenvalue weighted by Gasteiger charge is 2.08. The summed E-state index contributed by atoms with van der Waals surface area (Å²) in [6.07, 6.45) is -0.559. The number of nitrogens with zero attached hydrogens (tertiary/aromatic N) is 1. The van der Waals surface area contributed by atoms with Crippen molar-refractivity contribution in [2.24, 2.45) is 0 Å². The standard InChI is InChI=1S/C17H18N2O2/c1-21-17-8-7-13(10-18)9-15(17)11-19-12-16(20)14-5-3-2-4-6-14/h2-9,16,19-20H,11-12H2,1H3. The van der Waals surface area contributed by atoms with E-state index in [2.05, 4.69) is 11.4 Å². The van der Waals surface area contributed by atoms with Crippen LogP contribution in [0.2, 0.25) is 0 Å². The number of aliphatic hydroxyl groups is 1. The van der Waals surface area contributed by atoms with E-state index in [1.165, 1.54) is 0 Å². The number of nitrogens with one attached hydrogen (secondary N) is 1. The average Bonchev–Trinajstić information content (AvgIpc) is 2.55. The Labute approximate surface area is 124 Å². The maximum Gasteiger partial charge on any atom is 0.123 e. The van der Waals surface area contributed by atoms with E-state index in [1.807, 2.05) is 30.3 Å². The number of rotatable bonds is 6. The van der Waals surface area contributed by atoms with Crippen LogP contribution in [0.1, 0.15) is 22.8 Å². The Morgan fingerprint density at radius 3 is 2.67 bits per heavy atom. The summed E-state index contributed by atoms with van der Waals surface area (Å²) in [6.45, 7) is 0.965. The van der Waals surface area contributed by atoms with Gasteiger partial charge in [-0.2, -0.15) is 5.26 Å². The molecule has 108 valence electrons. The zero-order valence-electron chi connectivity index (χ0n) is 11.9. The molecule has 21 heavy (non-hydrogen) atoms. The lowest BCUT2D eigenvalue weighted by molar-refractivity contribution is 0.174. The monoisotopic (exact) mass is 282 g/mol. The SMILES string of the molecule is COc1ccc(C#N)cc1CNCC(O)c1ccccc1. The molecule has 4 heteroatoms. The second-order valence-electron chi connectivity index (χ2n) is 4.70. The lowest BCUT2D eigenvalue weighted by Crippen LogP contribution is -2.21. The van der Waals surface area contributed by atoms with E-state index in [9.17, 15) is 5.11 Å². The van der Waals surface area contributed by atoms with Gasteiger partial charge in [0.15, 0.2) is 0 Å². The Kier molecular flexibility index (Phi) is 5.33. The molecule has 0 aliphatic heterocycles. The van der Waals surface area contributed by atoms with Crippen LogP contribution in [0.4, 0.5) is 0 Å². The molecule has 4 nitrogen and oxygen atoms in total. The lowest BCUT2D eigenvalue weighted by Gasteiger charge is -2.14. The van der Waals surface area contributed by atoms with Crippen LogP contribution in [0.5, 0.6) is 5.75 Å². The predicted molar refractivity (Wildman–Crippen MR) is 80.8 cm³/mol. The van der Waals surface area contributed by atoms with E-state index in [1.54, 1.807) is 25.3 Å². The van der Waals surface area contributed by atoms with Gasteiger partial charge in [0.25, 0.3) is 0 Å². The first-order valence-electron chi connectivity index (χ1n) is 6.75. The minimum Gasteiger partial charge on any atom is -0.496 e. The largest absolute Gasteiger partial charge is 0.496 e. The Morgan fingerprint density at radius 1 is 1.24 bits per heavy atom. The molecule has 0 amide bonds. The van der Waals surface area contributed by atoms with Crippen molar-refractivity contribution in [3.63, 3.8) is 0 Å². The van der Waals surface area contributed by atoms with Crippen LogP contribution >= 0.6 is 0 Å². The van der Waals surface area contributed by atoms with E-state index >= 15 is 0 Å². The average molecular weight is 282 g/mol. The van der Waals surface area contributed by atoms with Crippen LogP contribution in [0.3, 0.4) is 0 Å². The number of benzene rings is 2. The van der Waals surface area contributed by atoms with Gasteiger partial charge in [-0.25, -0.2) is 0 Å². The number of aliphatic hydroxyl groups excluding tert-OH is 1. The minimum absolute atomic E-state index is 0.434. The molecule has 0 fully saturated rings. The summed E-state index contributed by atoms with van der Waals surface area (Å²) in [7, 11) is 1.60. The summed E-state index contributed by atoms with van der Waals surface area (Å²) in [5.41, 5.74) is 2.37. The van der Waals surface area contributed by atoms with Crippen molar-refractivity contribution in [1.82, 2.24) is 5.32 Å². The fraction of sp³-hybridized carbons (Fsp3) is 0.235. The summed E-state index contributed by atoms with van der Waals surface area (Å²) < 4.78 is 5.28. The lowest BCUT2D eigenvalue weighted by atomic mass is 10.1. The van der Waals surface area contributed by atoms with Gasteiger partial charge < -0.3 is 15.2 Å². The van der Waals surface area contributed by atoms with E-state index < -0.39 is 6.10 Å². The van der Waals surface area contributed by atoms with Crippen molar-refractivity contribution in [2.75, 3.05) is 13.7 Å². The molecule has 0 radical (unpaired) electrons. The van der Waals surface area contributed by atoms with Crippen LogP contribution in [-0.2, 0) is 6.54 Å². The zero-order valence-corrected chi connectivity index (χ0v) is 11.9. The number of ether oxygens (including phenoxy) is 1. The smallest absolute Gasteiger partial charge is 0.123 e. The molecular formula is C17H18N2O2. The minimum atomic E-state index is -0.559. The zero-order chi connectivity index (χ0) is 15.1. The molecule has 0 saturated carbocycles. The fourth-order valence-corrected chi connectivity index (χ4v) is 2.12. The Hall–Kier alpha value is -2.35. The van der Waals surface area contributed by atoms with Crippen LogP contribution in [0.25, 0.3) is 0 Å². The van der Waals surface area contributed by atoms with Crippen molar-refractivity contribution in [2.45, 2.75) is 12.6 Å². The number of nitriles is 1. The third-order valence-electron chi connectivity index (χ3n) is 3.25. The van der Waals surface area contributed by atoms with E-state index in [-0.39, 0.29) is 0 Å². The summed E-state index contributed by atoms with van der Waals surface area (Å²) >= 11 is 0. The van der Waals surface area contributed by atoms with Crippen molar-refractivity contribution in [3.8, 4) is 11.8 Å². The molecule has 1 unspecified atom stereocenters. The quantitative estimate of drug-likeness (QED) is 0.854. The maximum atomic E-state index is 10.1. The summed E-state index contributed by atoms with van der Waals surface area (Å²) in [6, 6.07) is 16.9. The molecule has 2 N–H and O–H groups in total. The Balaban J connectivity index is 1.96. The molecule has 0 aliphatic rings. The molecule has 0 aromatic heterocycles. The van der Waals surface area contributed by atoms with Gasteiger partial charge in [0.1, 0.15) is 5.75 Å². The van der Waals surface area contributed by atoms with Gasteiger partial charge >= 0.3 is 0 Å². The van der Waals surface area contributed by atoms with Gasteiger partial charge in [-0.1, -0.05) is 30.3 Å². The predicted octanol–water partition coefficient (Wildman–Crippen LogP) is 2.39. The summed E-state index contributed by atoms with van der Waals surface area (Å²) in [4.78, 5) is 0. The van der Waals surface area contributed by atoms with Gasteiger partial charge in [-0.15, -0.1) is 0 Å². The van der Waals surface area contributed by atoms with Crippen LogP contribution in [0.15, 0.2) is 48.5 Å². The summed E-state index contributed by atoms with van der Waals surface area (Å²) in [5.74, 6) is 0.732. The number of hydrogen-bond donors (Lipinski definition) is 2. The highest BCUT2D eigenvalue weighted by Crippen LogP contribution is 2.19. The van der Waals surface area contributed by atoms with E-state index in [4.69, 9.17) is 10.00 Å². The van der Waals surface area contributed by atoms with Gasteiger partial charge in [-0.3, -0.25) is 0 Å². The molecule has 2 rings (SSSR count). The van der Waals surface area contributed by atoms with Gasteiger partial charge in [0.2, 0.25) is 0 Å². The molecule has 0 heterocycles. The van der Waals surface area contributed by atoms with Crippen LogP contribution < -0.4 is 10.1 Å². The van der Waals surface area contributed by atoms with Crippen molar-refractivity contribution in [3.05, 3.63) is 65.2 Å². The van der Waals surface area contributed by atoms with Crippen LogP contribution in [0, 0.1) is 11.3 Å². The van der Waals surface area contributed by atoms with Gasteiger partial charge in [-0.05, 0) is 23.8 Å². The molecule has 2 aromatic carbocycles. The molecule has 0 saturated heterocycles. The second-order valence-corrected chi connectivity index (χ2v) is 4.70. The van der Waals surface area contributed by atoms with Crippen molar-refractivity contribution < 1.29 is 9.84 Å². The molecule has 0 aliphatic carbocycles. The Morgan fingerprint density at radius 2 is 2.00 bits per heavy atom. The molecule has 1 atom stereocenters. The number of methoxy groups -OCH3 is 1. The van der Waals surface area contributed by atoms with Crippen molar-refractivity contribution >= 4 is 0 Å². The molecule has 0 bridgehead atoms.